The van der Waals surface area contributed by atoms with Crippen molar-refractivity contribution in [2.45, 2.75) is 30.7 Å². The number of thioether (sulfide) groups is 1. The van der Waals surface area contributed by atoms with Crippen LogP contribution in [0.15, 0.2) is 41.6 Å². The monoisotopic (exact) mass is 309 g/mol. The summed E-state index contributed by atoms with van der Waals surface area (Å²) in [5, 5.41) is 18.2. The van der Waals surface area contributed by atoms with Gasteiger partial charge in [0.25, 0.3) is 5.78 Å². The molecule has 0 spiro atoms. The highest BCUT2D eigenvalue weighted by atomic mass is 32.2. The average Bonchev–Trinajstić information content (AvgIpc) is 2.90. The summed E-state index contributed by atoms with van der Waals surface area (Å²) < 4.78 is 1.90. The third-order valence-electron chi connectivity index (χ3n) is 3.32. The number of rotatable bonds is 4. The quantitative estimate of drug-likeness (QED) is 0.693. The smallest absolute Gasteiger partial charge is 0.256 e. The predicted octanol–water partition coefficient (Wildman–Crippen LogP) is 2.97. The minimum Gasteiger partial charge on any atom is -0.259 e. The Bertz CT molecular complexity index is 835. The van der Waals surface area contributed by atoms with Gasteiger partial charge >= 0.3 is 0 Å². The van der Waals surface area contributed by atoms with Crippen LogP contribution < -0.4 is 0 Å². The average molecular weight is 309 g/mol. The Labute approximate surface area is 133 Å². The molecule has 1 aromatic carbocycles. The van der Waals surface area contributed by atoms with Crippen molar-refractivity contribution in [1.29, 1.82) is 5.26 Å². The Hall–Kier alpha value is -2.39. The lowest BCUT2D eigenvalue weighted by Crippen LogP contribution is -2.06. The molecule has 0 amide bonds. The lowest BCUT2D eigenvalue weighted by Gasteiger charge is -2.08. The molecule has 2 heterocycles. The van der Waals surface area contributed by atoms with Crippen LogP contribution in [0.2, 0.25) is 0 Å². The summed E-state index contributed by atoms with van der Waals surface area (Å²) in [5.41, 5.74) is 3.07. The van der Waals surface area contributed by atoms with Gasteiger partial charge in [0.15, 0.2) is 5.16 Å². The van der Waals surface area contributed by atoms with Crippen molar-refractivity contribution >= 4 is 17.5 Å². The van der Waals surface area contributed by atoms with Crippen molar-refractivity contribution in [2.24, 2.45) is 0 Å². The van der Waals surface area contributed by atoms with Gasteiger partial charge in [0.05, 0.1) is 6.07 Å². The van der Waals surface area contributed by atoms with Gasteiger partial charge in [-0.3, -0.25) is 4.40 Å². The molecule has 0 aliphatic rings. The molecule has 1 atom stereocenters. The minimum absolute atomic E-state index is 0.212. The molecule has 0 saturated heterocycles. The van der Waals surface area contributed by atoms with E-state index in [4.69, 9.17) is 0 Å². The Morgan fingerprint density at radius 1 is 1.23 bits per heavy atom. The van der Waals surface area contributed by atoms with E-state index in [2.05, 4.69) is 21.3 Å². The Morgan fingerprint density at radius 2 is 2.00 bits per heavy atom. The van der Waals surface area contributed by atoms with E-state index in [1.165, 1.54) is 11.8 Å². The molecular weight excluding hydrogens is 294 g/mol. The van der Waals surface area contributed by atoms with E-state index in [1.807, 2.05) is 54.6 Å². The summed E-state index contributed by atoms with van der Waals surface area (Å²) in [5.74, 6) is 0.580. The molecule has 0 radical (unpaired) electrons. The fourth-order valence-electron chi connectivity index (χ4n) is 2.35. The summed E-state index contributed by atoms with van der Waals surface area (Å²) in [6.45, 7) is 3.93. The molecule has 0 aliphatic heterocycles. The molecule has 2 aromatic heterocycles. The van der Waals surface area contributed by atoms with Gasteiger partial charge in [0.1, 0.15) is 5.25 Å². The van der Waals surface area contributed by atoms with E-state index in [1.54, 1.807) is 0 Å². The first-order valence-corrected chi connectivity index (χ1v) is 7.85. The first kappa shape index (κ1) is 14.5. The number of hydrogen-bond donors (Lipinski definition) is 0. The van der Waals surface area contributed by atoms with Crippen LogP contribution in [0.25, 0.3) is 5.78 Å². The molecule has 3 rings (SSSR count). The molecule has 22 heavy (non-hydrogen) atoms. The highest BCUT2D eigenvalue weighted by Gasteiger charge is 2.17. The van der Waals surface area contributed by atoms with Crippen LogP contribution in [0.4, 0.5) is 0 Å². The van der Waals surface area contributed by atoms with Crippen LogP contribution in [-0.4, -0.2) is 24.8 Å². The number of benzene rings is 1. The van der Waals surface area contributed by atoms with E-state index < -0.39 is 0 Å². The molecule has 5 nitrogen and oxygen atoms in total. The first-order valence-electron chi connectivity index (χ1n) is 6.97. The van der Waals surface area contributed by atoms with Gasteiger partial charge in [0, 0.05) is 11.4 Å². The van der Waals surface area contributed by atoms with E-state index >= 15 is 0 Å². The second-order valence-electron chi connectivity index (χ2n) is 5.08. The van der Waals surface area contributed by atoms with E-state index in [-0.39, 0.29) is 5.25 Å². The van der Waals surface area contributed by atoms with E-state index in [0.29, 0.717) is 17.4 Å². The molecule has 0 saturated carbocycles. The summed E-state index contributed by atoms with van der Waals surface area (Å²) in [6, 6.07) is 14.3. The van der Waals surface area contributed by atoms with E-state index in [0.717, 1.165) is 17.0 Å². The Balaban J connectivity index is 1.87. The van der Waals surface area contributed by atoms with E-state index in [9.17, 15) is 5.26 Å². The van der Waals surface area contributed by atoms with Crippen molar-refractivity contribution in [3.8, 4) is 6.07 Å². The van der Waals surface area contributed by atoms with Crippen LogP contribution in [-0.2, 0) is 6.42 Å². The maximum atomic E-state index is 9.43. The van der Waals surface area contributed by atoms with Gasteiger partial charge in [-0.2, -0.15) is 5.26 Å². The number of aryl methyl sites for hydroxylation is 2. The fourth-order valence-corrected chi connectivity index (χ4v) is 3.35. The van der Waals surface area contributed by atoms with Crippen LogP contribution in [0, 0.1) is 25.2 Å². The molecule has 110 valence electrons. The van der Waals surface area contributed by atoms with Gasteiger partial charge in [-0.05, 0) is 31.9 Å². The zero-order valence-electron chi connectivity index (χ0n) is 12.4. The molecule has 0 aliphatic carbocycles. The van der Waals surface area contributed by atoms with Gasteiger partial charge in [0.2, 0.25) is 0 Å². The molecule has 3 aromatic rings. The summed E-state index contributed by atoms with van der Waals surface area (Å²) in [7, 11) is 0. The van der Waals surface area contributed by atoms with Gasteiger partial charge in [-0.25, -0.2) is 4.98 Å². The standard InChI is InChI=1S/C16H15N5S/c1-11-8-12(2)21-15(18-11)19-20-16(21)22-14(10-17)9-13-6-4-3-5-7-13/h3-8,14H,9H2,1-2H3/t14-/m0/s1. The lowest BCUT2D eigenvalue weighted by molar-refractivity contribution is 0.878. The lowest BCUT2D eigenvalue weighted by atomic mass is 10.1. The number of nitrogens with zero attached hydrogens (tertiary/aromatic N) is 5. The number of nitriles is 1. The molecular formula is C16H15N5S. The van der Waals surface area contributed by atoms with Crippen LogP contribution in [0.3, 0.4) is 0 Å². The first-order chi connectivity index (χ1) is 10.7. The van der Waals surface area contributed by atoms with Gasteiger partial charge in [-0.15, -0.1) is 10.2 Å². The van der Waals surface area contributed by atoms with Crippen LogP contribution >= 0.6 is 11.8 Å². The van der Waals surface area contributed by atoms with Crippen LogP contribution in [0.1, 0.15) is 17.0 Å². The topological polar surface area (TPSA) is 66.9 Å². The summed E-state index contributed by atoms with van der Waals surface area (Å²) in [6.07, 6.45) is 0.676. The predicted molar refractivity (Wildman–Crippen MR) is 85.7 cm³/mol. The van der Waals surface area contributed by atoms with Gasteiger partial charge < -0.3 is 0 Å². The fraction of sp³-hybridized carbons (Fsp3) is 0.250. The molecule has 0 fully saturated rings. The Morgan fingerprint density at radius 3 is 2.73 bits per heavy atom. The number of fused-ring (bicyclic) bond motifs is 1. The van der Waals surface area contributed by atoms with Crippen molar-refractivity contribution in [2.75, 3.05) is 0 Å². The Kier molecular flexibility index (Phi) is 4.07. The number of hydrogen-bond acceptors (Lipinski definition) is 5. The number of aromatic nitrogens is 4. The SMILES string of the molecule is Cc1cc(C)n2c(S[C@H](C#N)Cc3ccccc3)nnc2n1. The van der Waals surface area contributed by atoms with Crippen molar-refractivity contribution in [3.05, 3.63) is 53.3 Å². The second-order valence-corrected chi connectivity index (χ2v) is 6.25. The van der Waals surface area contributed by atoms with Crippen molar-refractivity contribution < 1.29 is 0 Å². The third kappa shape index (κ3) is 2.95. The normalized spacial score (nSPS) is 12.2. The zero-order valence-corrected chi connectivity index (χ0v) is 13.2. The van der Waals surface area contributed by atoms with Crippen molar-refractivity contribution in [1.82, 2.24) is 19.6 Å². The highest BCUT2D eigenvalue weighted by molar-refractivity contribution is 8.00. The van der Waals surface area contributed by atoms with Crippen molar-refractivity contribution in [3.63, 3.8) is 0 Å². The molecule has 6 heteroatoms. The molecule has 0 N–H and O–H groups in total. The minimum atomic E-state index is -0.212. The maximum Gasteiger partial charge on any atom is 0.256 e. The highest BCUT2D eigenvalue weighted by Crippen LogP contribution is 2.25. The maximum absolute atomic E-state index is 9.43. The summed E-state index contributed by atoms with van der Waals surface area (Å²) in [4.78, 5) is 4.37. The largest absolute Gasteiger partial charge is 0.259 e. The summed E-state index contributed by atoms with van der Waals surface area (Å²) >= 11 is 1.43. The van der Waals surface area contributed by atoms with Gasteiger partial charge in [-0.1, -0.05) is 42.1 Å². The molecule has 0 bridgehead atoms. The second kappa shape index (κ2) is 6.16. The zero-order chi connectivity index (χ0) is 15.5. The molecule has 0 unspecified atom stereocenters. The third-order valence-corrected chi connectivity index (χ3v) is 4.35. The van der Waals surface area contributed by atoms with Crippen LogP contribution in [0.5, 0.6) is 0 Å².